The van der Waals surface area contributed by atoms with Gasteiger partial charge in [-0.25, -0.2) is 4.79 Å². The average Bonchev–Trinajstić information content (AvgIpc) is 2.26. The molecule has 0 atom stereocenters. The van der Waals surface area contributed by atoms with Crippen molar-refractivity contribution < 1.29 is 14.7 Å². The van der Waals surface area contributed by atoms with Gasteiger partial charge in [-0.1, -0.05) is 12.1 Å². The van der Waals surface area contributed by atoms with Crippen molar-refractivity contribution in [2.45, 2.75) is 0 Å². The molecule has 1 aromatic carbocycles. The standard InChI is InChI=1S/C9H10N2O3/c1-14-9(12)8-4-2-7(3-5-8)6-10-11-13/h2-6,11,13H,1H3. The Kier molecular flexibility index (Phi) is 3.63. The molecule has 1 aromatic rings. The van der Waals surface area contributed by atoms with Crippen molar-refractivity contribution in [1.82, 2.24) is 5.59 Å². The molecule has 0 aliphatic carbocycles. The summed E-state index contributed by atoms with van der Waals surface area (Å²) in [6, 6.07) is 6.61. The van der Waals surface area contributed by atoms with Gasteiger partial charge in [-0.2, -0.15) is 10.7 Å². The number of hydrazone groups is 1. The highest BCUT2D eigenvalue weighted by Crippen LogP contribution is 2.03. The van der Waals surface area contributed by atoms with Crippen LogP contribution in [0.2, 0.25) is 0 Å². The zero-order valence-electron chi connectivity index (χ0n) is 7.60. The second kappa shape index (κ2) is 4.98. The van der Waals surface area contributed by atoms with E-state index in [1.54, 1.807) is 29.9 Å². The van der Waals surface area contributed by atoms with E-state index < -0.39 is 0 Å². The van der Waals surface area contributed by atoms with Gasteiger partial charge in [-0.15, -0.1) is 0 Å². The lowest BCUT2D eigenvalue weighted by Gasteiger charge is -1.98. The largest absolute Gasteiger partial charge is 0.465 e. The smallest absolute Gasteiger partial charge is 0.337 e. The zero-order valence-corrected chi connectivity index (χ0v) is 7.60. The van der Waals surface area contributed by atoms with Gasteiger partial charge in [0, 0.05) is 0 Å². The van der Waals surface area contributed by atoms with Crippen LogP contribution in [-0.2, 0) is 4.74 Å². The van der Waals surface area contributed by atoms with E-state index in [-0.39, 0.29) is 5.97 Å². The minimum atomic E-state index is -0.381. The molecule has 0 radical (unpaired) electrons. The van der Waals surface area contributed by atoms with Gasteiger partial charge >= 0.3 is 5.97 Å². The number of carbonyl (C=O) groups is 1. The van der Waals surface area contributed by atoms with Crippen LogP contribution in [-0.4, -0.2) is 24.5 Å². The molecule has 0 heterocycles. The average molecular weight is 194 g/mol. The third kappa shape index (κ3) is 2.56. The molecule has 5 heteroatoms. The van der Waals surface area contributed by atoms with Crippen molar-refractivity contribution in [3.63, 3.8) is 0 Å². The van der Waals surface area contributed by atoms with Gasteiger partial charge in [0.1, 0.15) is 0 Å². The van der Waals surface area contributed by atoms with Crippen LogP contribution in [0.15, 0.2) is 29.4 Å². The molecular formula is C9H10N2O3. The van der Waals surface area contributed by atoms with E-state index >= 15 is 0 Å². The summed E-state index contributed by atoms with van der Waals surface area (Å²) < 4.78 is 4.53. The maximum absolute atomic E-state index is 11.0. The monoisotopic (exact) mass is 194 g/mol. The molecule has 14 heavy (non-hydrogen) atoms. The van der Waals surface area contributed by atoms with Crippen LogP contribution in [0.4, 0.5) is 0 Å². The van der Waals surface area contributed by atoms with E-state index in [1.807, 2.05) is 0 Å². The predicted octanol–water partition coefficient (Wildman–Crippen LogP) is 0.786. The quantitative estimate of drug-likeness (QED) is 0.424. The normalized spacial score (nSPS) is 10.1. The number of benzene rings is 1. The van der Waals surface area contributed by atoms with Crippen molar-refractivity contribution >= 4 is 12.2 Å². The van der Waals surface area contributed by atoms with Crippen molar-refractivity contribution in [1.29, 1.82) is 0 Å². The van der Waals surface area contributed by atoms with Crippen LogP contribution in [0.5, 0.6) is 0 Å². The molecule has 2 N–H and O–H groups in total. The second-order valence-corrected chi connectivity index (χ2v) is 2.47. The minimum Gasteiger partial charge on any atom is -0.465 e. The zero-order chi connectivity index (χ0) is 10.4. The molecule has 0 spiro atoms. The number of nitrogens with zero attached hydrogens (tertiary/aromatic N) is 1. The lowest BCUT2D eigenvalue weighted by Crippen LogP contribution is -2.01. The third-order valence-electron chi connectivity index (χ3n) is 1.60. The van der Waals surface area contributed by atoms with Crippen molar-refractivity contribution in [3.8, 4) is 0 Å². The van der Waals surface area contributed by atoms with E-state index in [0.717, 1.165) is 5.56 Å². The number of hydrogen-bond donors (Lipinski definition) is 2. The number of ether oxygens (including phenoxy) is 1. The van der Waals surface area contributed by atoms with Gasteiger partial charge in [0.2, 0.25) is 0 Å². The number of hydrogen-bond acceptors (Lipinski definition) is 5. The van der Waals surface area contributed by atoms with Gasteiger partial charge in [0.15, 0.2) is 0 Å². The van der Waals surface area contributed by atoms with Crippen LogP contribution in [0.25, 0.3) is 0 Å². The topological polar surface area (TPSA) is 70.9 Å². The molecule has 5 nitrogen and oxygen atoms in total. The highest BCUT2D eigenvalue weighted by Gasteiger charge is 2.02. The van der Waals surface area contributed by atoms with Gasteiger partial charge in [0.25, 0.3) is 0 Å². The fourth-order valence-electron chi connectivity index (χ4n) is 0.927. The molecular weight excluding hydrogens is 184 g/mol. The molecule has 0 amide bonds. The summed E-state index contributed by atoms with van der Waals surface area (Å²) in [4.78, 5) is 11.0. The van der Waals surface area contributed by atoms with Crippen LogP contribution in [0.3, 0.4) is 0 Å². The Morgan fingerprint density at radius 2 is 2.14 bits per heavy atom. The minimum absolute atomic E-state index is 0.381. The first-order valence-corrected chi connectivity index (χ1v) is 3.88. The Hall–Kier alpha value is -1.88. The first-order valence-electron chi connectivity index (χ1n) is 3.88. The van der Waals surface area contributed by atoms with E-state index in [9.17, 15) is 4.79 Å². The van der Waals surface area contributed by atoms with E-state index in [1.165, 1.54) is 13.3 Å². The van der Waals surface area contributed by atoms with Gasteiger partial charge in [0.05, 0.1) is 18.9 Å². The number of methoxy groups -OCH3 is 1. The summed E-state index contributed by atoms with van der Waals surface area (Å²) in [7, 11) is 1.33. The first kappa shape index (κ1) is 10.2. The Morgan fingerprint density at radius 1 is 1.50 bits per heavy atom. The van der Waals surface area contributed by atoms with Crippen LogP contribution >= 0.6 is 0 Å². The van der Waals surface area contributed by atoms with E-state index in [0.29, 0.717) is 5.56 Å². The maximum atomic E-state index is 11.0. The van der Waals surface area contributed by atoms with E-state index in [4.69, 9.17) is 5.21 Å². The lowest BCUT2D eigenvalue weighted by molar-refractivity contribution is 0.0600. The summed E-state index contributed by atoms with van der Waals surface area (Å²) in [5.41, 5.74) is 2.88. The molecule has 0 bridgehead atoms. The molecule has 0 aliphatic heterocycles. The number of esters is 1. The summed E-state index contributed by atoms with van der Waals surface area (Å²) in [6.45, 7) is 0. The lowest BCUT2D eigenvalue weighted by atomic mass is 10.1. The van der Waals surface area contributed by atoms with Gasteiger partial charge < -0.3 is 4.74 Å². The molecule has 0 aliphatic rings. The highest BCUT2D eigenvalue weighted by molar-refractivity contribution is 5.90. The summed E-state index contributed by atoms with van der Waals surface area (Å²) in [5.74, 6) is -0.381. The summed E-state index contributed by atoms with van der Waals surface area (Å²) >= 11 is 0. The van der Waals surface area contributed by atoms with E-state index in [2.05, 4.69) is 9.84 Å². The van der Waals surface area contributed by atoms with Gasteiger partial charge in [-0.3, -0.25) is 5.21 Å². The number of rotatable bonds is 3. The number of nitrogens with one attached hydrogen (secondary N) is 1. The predicted molar refractivity (Wildman–Crippen MR) is 50.3 cm³/mol. The Morgan fingerprint density at radius 3 is 2.64 bits per heavy atom. The number of carbonyl (C=O) groups excluding carboxylic acids is 1. The Labute approximate surface area is 81.0 Å². The maximum Gasteiger partial charge on any atom is 0.337 e. The van der Waals surface area contributed by atoms with Crippen molar-refractivity contribution in [2.24, 2.45) is 5.10 Å². The van der Waals surface area contributed by atoms with Crippen LogP contribution in [0.1, 0.15) is 15.9 Å². The molecule has 0 saturated heterocycles. The SMILES string of the molecule is COC(=O)c1ccc(C=NNO)cc1. The second-order valence-electron chi connectivity index (χ2n) is 2.47. The molecule has 0 unspecified atom stereocenters. The third-order valence-corrected chi connectivity index (χ3v) is 1.60. The molecule has 74 valence electrons. The van der Waals surface area contributed by atoms with Crippen molar-refractivity contribution in [3.05, 3.63) is 35.4 Å². The van der Waals surface area contributed by atoms with Gasteiger partial charge in [-0.05, 0) is 17.7 Å². The molecule has 0 fully saturated rings. The van der Waals surface area contributed by atoms with Crippen LogP contribution in [0, 0.1) is 0 Å². The fraction of sp³-hybridized carbons (Fsp3) is 0.111. The van der Waals surface area contributed by atoms with Crippen molar-refractivity contribution in [2.75, 3.05) is 7.11 Å². The summed E-state index contributed by atoms with van der Waals surface area (Å²) in [5, 5.41) is 11.6. The fourth-order valence-corrected chi connectivity index (χ4v) is 0.927. The summed E-state index contributed by atoms with van der Waals surface area (Å²) in [6.07, 6.45) is 1.42. The molecule has 0 saturated carbocycles. The first-order chi connectivity index (χ1) is 6.77. The Bertz CT molecular complexity index is 332. The highest BCUT2D eigenvalue weighted by atomic mass is 16.5. The van der Waals surface area contributed by atoms with Crippen LogP contribution < -0.4 is 5.59 Å². The molecule has 0 aromatic heterocycles. The Balaban J connectivity index is 2.78. The molecule has 1 rings (SSSR count).